The molecule has 5 rings (SSSR count). The van der Waals surface area contributed by atoms with Gasteiger partial charge in [-0.25, -0.2) is 4.79 Å². The van der Waals surface area contributed by atoms with E-state index < -0.39 is 11.8 Å². The van der Waals surface area contributed by atoms with Crippen LogP contribution in [-0.4, -0.2) is 32.0 Å². The molecule has 8 heteroatoms. The molecule has 2 aromatic heterocycles. The molecule has 0 radical (unpaired) electrons. The van der Waals surface area contributed by atoms with Gasteiger partial charge >= 0.3 is 5.69 Å². The highest BCUT2D eigenvalue weighted by molar-refractivity contribution is 5.96. The predicted molar refractivity (Wildman–Crippen MR) is 125 cm³/mol. The fourth-order valence-electron chi connectivity index (χ4n) is 4.69. The van der Waals surface area contributed by atoms with Gasteiger partial charge in [-0.1, -0.05) is 36.4 Å². The molecule has 1 aliphatic heterocycles. The molecule has 0 fully saturated rings. The third kappa shape index (κ3) is 3.17. The van der Waals surface area contributed by atoms with Gasteiger partial charge in [0.05, 0.1) is 35.5 Å². The Hall–Kier alpha value is -3.78. The summed E-state index contributed by atoms with van der Waals surface area (Å²) >= 11 is 0. The summed E-state index contributed by atoms with van der Waals surface area (Å²) in [4.78, 5) is 26.3. The van der Waals surface area contributed by atoms with Gasteiger partial charge in [0.25, 0.3) is 5.56 Å². The van der Waals surface area contributed by atoms with Crippen LogP contribution in [0.3, 0.4) is 0 Å². The van der Waals surface area contributed by atoms with Crippen LogP contribution >= 0.6 is 0 Å². The monoisotopic (exact) mass is 447 g/mol. The Kier molecular flexibility index (Phi) is 5.09. The van der Waals surface area contributed by atoms with Crippen molar-refractivity contribution in [3.63, 3.8) is 0 Å². The van der Waals surface area contributed by atoms with Crippen molar-refractivity contribution < 1.29 is 14.6 Å². The fraction of sp³-hybridized carbons (Fsp3) is 0.280. The van der Waals surface area contributed by atoms with Gasteiger partial charge in [-0.15, -0.1) is 0 Å². The zero-order valence-electron chi connectivity index (χ0n) is 18.7. The average Bonchev–Trinajstić information content (AvgIpc) is 3.19. The first-order valence-electron chi connectivity index (χ1n) is 10.9. The standard InChI is InChI=1S/C25H25N3O5/c1-4-32-18-14-16(10-11-17(18)29)23-22-21-19(24(30)27(3)25(31)26(21)2)20(28(22)12-13-33-23)15-8-6-5-7-9-15/h5-11,14,23,29H,4,12-13H2,1-3H3/t23-/m1/s1. The Morgan fingerprint density at radius 2 is 1.85 bits per heavy atom. The Bertz CT molecular complexity index is 1480. The minimum atomic E-state index is -0.545. The molecule has 0 bridgehead atoms. The zero-order chi connectivity index (χ0) is 23.3. The SMILES string of the molecule is CCOc1cc([C@H]2OCCn3c(-c4ccccc4)c4c(=O)n(C)c(=O)n(C)c4c32)ccc1O. The maximum absolute atomic E-state index is 13.4. The summed E-state index contributed by atoms with van der Waals surface area (Å²) in [5, 5.41) is 10.7. The van der Waals surface area contributed by atoms with Gasteiger partial charge in [0.2, 0.25) is 0 Å². The first-order chi connectivity index (χ1) is 15.9. The number of hydrogen-bond acceptors (Lipinski definition) is 5. The van der Waals surface area contributed by atoms with Crippen LogP contribution in [-0.2, 0) is 25.4 Å². The van der Waals surface area contributed by atoms with Crippen LogP contribution in [0, 0.1) is 0 Å². The number of fused-ring (bicyclic) bond motifs is 3. The van der Waals surface area contributed by atoms with Crippen molar-refractivity contribution in [1.82, 2.24) is 13.7 Å². The summed E-state index contributed by atoms with van der Waals surface area (Å²) in [5.74, 6) is 0.405. The van der Waals surface area contributed by atoms with Crippen LogP contribution in [0.2, 0.25) is 0 Å². The van der Waals surface area contributed by atoms with E-state index in [1.54, 1.807) is 25.2 Å². The Morgan fingerprint density at radius 3 is 2.58 bits per heavy atom. The Morgan fingerprint density at radius 1 is 1.09 bits per heavy atom. The van der Waals surface area contributed by atoms with Gasteiger partial charge in [-0.05, 0) is 30.2 Å². The molecule has 0 aliphatic carbocycles. The molecule has 170 valence electrons. The van der Waals surface area contributed by atoms with E-state index in [0.717, 1.165) is 27.1 Å². The molecule has 1 aliphatic rings. The van der Waals surface area contributed by atoms with Crippen LogP contribution < -0.4 is 16.0 Å². The summed E-state index contributed by atoms with van der Waals surface area (Å²) < 4.78 is 16.5. The van der Waals surface area contributed by atoms with Gasteiger partial charge in [0.1, 0.15) is 6.10 Å². The predicted octanol–water partition coefficient (Wildman–Crippen LogP) is 2.93. The van der Waals surface area contributed by atoms with Crippen molar-refractivity contribution in [3.8, 4) is 22.8 Å². The molecular formula is C25H25N3O5. The molecule has 0 spiro atoms. The maximum atomic E-state index is 13.4. The molecular weight excluding hydrogens is 422 g/mol. The van der Waals surface area contributed by atoms with Crippen molar-refractivity contribution in [2.45, 2.75) is 19.6 Å². The van der Waals surface area contributed by atoms with E-state index in [2.05, 4.69) is 4.57 Å². The number of nitrogens with zero attached hydrogens (tertiary/aromatic N) is 3. The van der Waals surface area contributed by atoms with E-state index in [9.17, 15) is 14.7 Å². The molecule has 3 heterocycles. The molecule has 33 heavy (non-hydrogen) atoms. The normalized spacial score (nSPS) is 15.5. The number of phenolic OH excluding ortho intramolecular Hbond substituents is 1. The highest BCUT2D eigenvalue weighted by atomic mass is 16.5. The summed E-state index contributed by atoms with van der Waals surface area (Å²) in [5.41, 5.74) is 2.99. The van der Waals surface area contributed by atoms with Gasteiger partial charge in [-0.2, -0.15) is 0 Å². The van der Waals surface area contributed by atoms with Crippen molar-refractivity contribution in [2.75, 3.05) is 13.2 Å². The molecule has 1 atom stereocenters. The number of benzene rings is 2. The summed E-state index contributed by atoms with van der Waals surface area (Å²) in [6, 6.07) is 14.8. The van der Waals surface area contributed by atoms with E-state index in [1.807, 2.05) is 37.3 Å². The topological polar surface area (TPSA) is 87.6 Å². The number of ether oxygens (including phenoxy) is 2. The lowest BCUT2D eigenvalue weighted by molar-refractivity contribution is 0.0477. The van der Waals surface area contributed by atoms with Crippen LogP contribution in [0.1, 0.15) is 24.3 Å². The Balaban J connectivity index is 1.88. The largest absolute Gasteiger partial charge is 0.504 e. The molecule has 0 amide bonds. The summed E-state index contributed by atoms with van der Waals surface area (Å²) in [6.07, 6.45) is -0.545. The first kappa shape index (κ1) is 21.1. The molecule has 0 unspecified atom stereocenters. The van der Waals surface area contributed by atoms with E-state index in [-0.39, 0.29) is 11.3 Å². The van der Waals surface area contributed by atoms with Gasteiger partial charge in [0, 0.05) is 20.6 Å². The lowest BCUT2D eigenvalue weighted by Gasteiger charge is -2.28. The minimum absolute atomic E-state index is 0.0443. The summed E-state index contributed by atoms with van der Waals surface area (Å²) in [7, 11) is 3.17. The highest BCUT2D eigenvalue weighted by Gasteiger charge is 2.33. The number of hydrogen-bond donors (Lipinski definition) is 1. The zero-order valence-corrected chi connectivity index (χ0v) is 18.7. The maximum Gasteiger partial charge on any atom is 0.331 e. The van der Waals surface area contributed by atoms with Crippen molar-refractivity contribution in [3.05, 3.63) is 80.6 Å². The third-order valence-corrected chi connectivity index (χ3v) is 6.19. The van der Waals surface area contributed by atoms with Crippen LogP contribution in [0.15, 0.2) is 58.1 Å². The molecule has 8 nitrogen and oxygen atoms in total. The van der Waals surface area contributed by atoms with Crippen LogP contribution in [0.4, 0.5) is 0 Å². The van der Waals surface area contributed by atoms with Gasteiger partial charge in [0.15, 0.2) is 11.5 Å². The van der Waals surface area contributed by atoms with Crippen molar-refractivity contribution in [2.24, 2.45) is 14.1 Å². The highest BCUT2D eigenvalue weighted by Crippen LogP contribution is 2.42. The number of aromatic nitrogens is 3. The van der Waals surface area contributed by atoms with E-state index in [1.165, 1.54) is 11.6 Å². The number of aryl methyl sites for hydroxylation is 1. The van der Waals surface area contributed by atoms with Crippen LogP contribution in [0.25, 0.3) is 22.2 Å². The fourth-order valence-corrected chi connectivity index (χ4v) is 4.69. The Labute approximate surface area is 189 Å². The van der Waals surface area contributed by atoms with Gasteiger partial charge in [-0.3, -0.25) is 13.9 Å². The number of phenols is 1. The minimum Gasteiger partial charge on any atom is -0.504 e. The second-order valence-electron chi connectivity index (χ2n) is 8.09. The van der Waals surface area contributed by atoms with Crippen molar-refractivity contribution >= 4 is 10.9 Å². The summed E-state index contributed by atoms with van der Waals surface area (Å²) in [6.45, 7) is 3.22. The van der Waals surface area contributed by atoms with E-state index in [0.29, 0.717) is 36.4 Å². The number of aromatic hydroxyl groups is 1. The second-order valence-corrected chi connectivity index (χ2v) is 8.09. The molecule has 4 aromatic rings. The molecule has 0 saturated heterocycles. The van der Waals surface area contributed by atoms with Crippen molar-refractivity contribution in [1.29, 1.82) is 0 Å². The third-order valence-electron chi connectivity index (χ3n) is 6.19. The first-order valence-corrected chi connectivity index (χ1v) is 10.9. The van der Waals surface area contributed by atoms with Gasteiger partial charge < -0.3 is 19.1 Å². The molecule has 2 aromatic carbocycles. The molecule has 0 saturated carbocycles. The van der Waals surface area contributed by atoms with Crippen LogP contribution in [0.5, 0.6) is 11.5 Å². The van der Waals surface area contributed by atoms with E-state index >= 15 is 0 Å². The van der Waals surface area contributed by atoms with E-state index in [4.69, 9.17) is 9.47 Å². The smallest absolute Gasteiger partial charge is 0.331 e. The molecule has 1 N–H and O–H groups in total. The second kappa shape index (κ2) is 7.97. The lowest BCUT2D eigenvalue weighted by atomic mass is 10.0. The lowest BCUT2D eigenvalue weighted by Crippen LogP contribution is -2.37. The number of rotatable bonds is 4. The average molecular weight is 447 g/mol. The quantitative estimate of drug-likeness (QED) is 0.520.